The van der Waals surface area contributed by atoms with Gasteiger partial charge in [0.2, 0.25) is 0 Å². The topological polar surface area (TPSA) is 90.2 Å². The van der Waals surface area contributed by atoms with Crippen molar-refractivity contribution < 1.29 is 25.2 Å². The van der Waals surface area contributed by atoms with Crippen molar-refractivity contribution in [2.24, 2.45) is 0 Å². The number of aromatic hydroxyl groups is 2. The molecule has 0 saturated heterocycles. The standard InChI is InChI=1S/C18H38O3.C6H6O2/c1-3-5-7-11-17(19)13-9-15-21-16-10-14-18(20)12-8-6-4-2;7-5-3-1-2-4-6(5)8/h17-20H,3-16H2,1-2H3;1-4,7-8H. The highest BCUT2D eigenvalue weighted by molar-refractivity contribution is 5.36. The fourth-order valence-corrected chi connectivity index (χ4v) is 2.96. The molecule has 5 nitrogen and oxygen atoms in total. The smallest absolute Gasteiger partial charge is 0.157 e. The first-order valence-corrected chi connectivity index (χ1v) is 11.4. The van der Waals surface area contributed by atoms with E-state index in [1.54, 1.807) is 12.1 Å². The molecule has 1 rings (SSSR count). The molecule has 0 heterocycles. The highest BCUT2D eigenvalue weighted by atomic mass is 16.5. The molecule has 2 unspecified atom stereocenters. The SMILES string of the molecule is CCCCCC(O)CCCOCCCC(O)CCCCC.Oc1ccccc1O. The van der Waals surface area contributed by atoms with Gasteiger partial charge in [-0.3, -0.25) is 0 Å². The van der Waals surface area contributed by atoms with Crippen LogP contribution >= 0.6 is 0 Å². The summed E-state index contributed by atoms with van der Waals surface area (Å²) < 4.78 is 5.56. The first-order chi connectivity index (χ1) is 14.0. The minimum Gasteiger partial charge on any atom is -0.504 e. The van der Waals surface area contributed by atoms with Gasteiger partial charge in [0, 0.05) is 13.2 Å². The van der Waals surface area contributed by atoms with Gasteiger partial charge in [0.05, 0.1) is 12.2 Å². The second-order valence-electron chi connectivity index (χ2n) is 7.68. The fraction of sp³-hybridized carbons (Fsp3) is 0.750. The molecule has 170 valence electrons. The third-order valence-electron chi connectivity index (χ3n) is 4.82. The van der Waals surface area contributed by atoms with E-state index in [1.807, 2.05) is 0 Å². The maximum Gasteiger partial charge on any atom is 0.157 e. The molecule has 0 bridgehead atoms. The monoisotopic (exact) mass is 412 g/mol. The lowest BCUT2D eigenvalue weighted by Crippen LogP contribution is -2.10. The van der Waals surface area contributed by atoms with Crippen LogP contribution in [0, 0.1) is 0 Å². The van der Waals surface area contributed by atoms with Gasteiger partial charge in [-0.1, -0.05) is 64.5 Å². The first kappa shape index (κ1) is 27.7. The Bertz CT molecular complexity index is 425. The molecule has 0 amide bonds. The molecule has 2 atom stereocenters. The molecule has 0 aromatic heterocycles. The maximum absolute atomic E-state index is 9.77. The van der Waals surface area contributed by atoms with E-state index in [0.717, 1.165) is 64.6 Å². The summed E-state index contributed by atoms with van der Waals surface area (Å²) in [5, 5.41) is 36.9. The highest BCUT2D eigenvalue weighted by Crippen LogP contribution is 2.21. The summed E-state index contributed by atoms with van der Waals surface area (Å²) in [7, 11) is 0. The molecule has 29 heavy (non-hydrogen) atoms. The van der Waals surface area contributed by atoms with E-state index in [0.29, 0.717) is 0 Å². The lowest BCUT2D eigenvalue weighted by Gasteiger charge is -2.11. The molecule has 1 aromatic rings. The lowest BCUT2D eigenvalue weighted by molar-refractivity contribution is 0.0872. The zero-order valence-corrected chi connectivity index (χ0v) is 18.6. The first-order valence-electron chi connectivity index (χ1n) is 11.4. The van der Waals surface area contributed by atoms with Crippen LogP contribution in [0.5, 0.6) is 11.5 Å². The van der Waals surface area contributed by atoms with Crippen LogP contribution in [0.25, 0.3) is 0 Å². The van der Waals surface area contributed by atoms with Gasteiger partial charge in [-0.25, -0.2) is 0 Å². The van der Waals surface area contributed by atoms with E-state index < -0.39 is 0 Å². The maximum atomic E-state index is 9.77. The zero-order chi connectivity index (χ0) is 21.7. The van der Waals surface area contributed by atoms with Crippen LogP contribution in [0.4, 0.5) is 0 Å². The number of hydrogen-bond acceptors (Lipinski definition) is 5. The second-order valence-corrected chi connectivity index (χ2v) is 7.68. The predicted molar refractivity (Wildman–Crippen MR) is 119 cm³/mol. The predicted octanol–water partition coefficient (Wildman–Crippen LogP) is 5.54. The minimum atomic E-state index is -0.152. The average Bonchev–Trinajstić information content (AvgIpc) is 2.70. The van der Waals surface area contributed by atoms with Gasteiger partial charge in [0.1, 0.15) is 0 Å². The summed E-state index contributed by atoms with van der Waals surface area (Å²) in [5.41, 5.74) is 0. The molecular formula is C24H44O5. The van der Waals surface area contributed by atoms with Gasteiger partial charge >= 0.3 is 0 Å². The fourth-order valence-electron chi connectivity index (χ4n) is 2.96. The summed E-state index contributed by atoms with van der Waals surface area (Å²) in [6.07, 6.45) is 12.2. The van der Waals surface area contributed by atoms with E-state index >= 15 is 0 Å². The Balaban J connectivity index is 0.000000807. The Morgan fingerprint density at radius 2 is 1.03 bits per heavy atom. The second kappa shape index (κ2) is 20.0. The van der Waals surface area contributed by atoms with Crippen molar-refractivity contribution in [2.45, 2.75) is 103 Å². The number of para-hydroxylation sites is 2. The van der Waals surface area contributed by atoms with Gasteiger partial charge in [0.25, 0.3) is 0 Å². The van der Waals surface area contributed by atoms with Crippen LogP contribution in [0.2, 0.25) is 0 Å². The normalized spacial score (nSPS) is 12.8. The molecule has 5 heteroatoms. The quantitative estimate of drug-likeness (QED) is 0.211. The molecule has 0 radical (unpaired) electrons. The van der Waals surface area contributed by atoms with Crippen molar-refractivity contribution in [1.82, 2.24) is 0 Å². The van der Waals surface area contributed by atoms with Crippen molar-refractivity contribution in [2.75, 3.05) is 13.2 Å². The molecule has 0 saturated carbocycles. The summed E-state index contributed by atoms with van der Waals surface area (Å²) in [6.45, 7) is 5.83. The Hall–Kier alpha value is -1.30. The Morgan fingerprint density at radius 3 is 1.38 bits per heavy atom. The molecule has 4 N–H and O–H groups in total. The highest BCUT2D eigenvalue weighted by Gasteiger charge is 2.05. The van der Waals surface area contributed by atoms with Crippen LogP contribution in [-0.2, 0) is 4.74 Å². The number of phenols is 2. The van der Waals surface area contributed by atoms with E-state index in [2.05, 4.69) is 13.8 Å². The minimum absolute atomic E-state index is 0.0764. The van der Waals surface area contributed by atoms with Crippen molar-refractivity contribution >= 4 is 0 Å². The Morgan fingerprint density at radius 1 is 0.655 bits per heavy atom. The van der Waals surface area contributed by atoms with Gasteiger partial charge in [-0.15, -0.1) is 0 Å². The third-order valence-corrected chi connectivity index (χ3v) is 4.82. The average molecular weight is 413 g/mol. The molecule has 1 aromatic carbocycles. The van der Waals surface area contributed by atoms with Gasteiger partial charge in [-0.2, -0.15) is 0 Å². The molecular weight excluding hydrogens is 368 g/mol. The lowest BCUT2D eigenvalue weighted by atomic mass is 10.1. The Labute approximate surface area is 177 Å². The Kier molecular flexibility index (Phi) is 19.1. The van der Waals surface area contributed by atoms with Crippen LogP contribution in [0.15, 0.2) is 24.3 Å². The molecule has 0 aliphatic heterocycles. The van der Waals surface area contributed by atoms with Crippen molar-refractivity contribution in [3.8, 4) is 11.5 Å². The van der Waals surface area contributed by atoms with Crippen LogP contribution < -0.4 is 0 Å². The molecule has 0 aliphatic rings. The number of aliphatic hydroxyl groups excluding tert-OH is 2. The van der Waals surface area contributed by atoms with Crippen LogP contribution in [-0.4, -0.2) is 45.8 Å². The number of phenolic OH excluding ortho intramolecular Hbond substituents is 2. The summed E-state index contributed by atoms with van der Waals surface area (Å²) in [4.78, 5) is 0. The number of rotatable bonds is 16. The zero-order valence-electron chi connectivity index (χ0n) is 18.6. The third kappa shape index (κ3) is 18.5. The van der Waals surface area contributed by atoms with E-state index in [-0.39, 0.29) is 23.7 Å². The van der Waals surface area contributed by atoms with Gasteiger partial charge < -0.3 is 25.2 Å². The number of unbranched alkanes of at least 4 members (excludes halogenated alkanes) is 4. The van der Waals surface area contributed by atoms with Crippen molar-refractivity contribution in [3.63, 3.8) is 0 Å². The summed E-state index contributed by atoms with van der Waals surface area (Å²) in [5.74, 6) is -0.153. The van der Waals surface area contributed by atoms with E-state index in [4.69, 9.17) is 14.9 Å². The number of hydrogen-bond donors (Lipinski definition) is 4. The van der Waals surface area contributed by atoms with Crippen LogP contribution in [0.3, 0.4) is 0 Å². The van der Waals surface area contributed by atoms with E-state index in [1.165, 1.54) is 37.8 Å². The molecule has 0 spiro atoms. The molecule has 0 fully saturated rings. The number of benzene rings is 1. The molecule has 0 aliphatic carbocycles. The number of aliphatic hydroxyl groups is 2. The van der Waals surface area contributed by atoms with E-state index in [9.17, 15) is 10.2 Å². The van der Waals surface area contributed by atoms with Crippen LogP contribution in [0.1, 0.15) is 90.9 Å². The summed E-state index contributed by atoms with van der Waals surface area (Å²) >= 11 is 0. The summed E-state index contributed by atoms with van der Waals surface area (Å²) in [6, 6.07) is 6.15. The largest absolute Gasteiger partial charge is 0.504 e. The van der Waals surface area contributed by atoms with Crippen molar-refractivity contribution in [1.29, 1.82) is 0 Å². The van der Waals surface area contributed by atoms with Gasteiger partial charge in [0.15, 0.2) is 11.5 Å². The number of ether oxygens (including phenoxy) is 1. The van der Waals surface area contributed by atoms with Crippen molar-refractivity contribution in [3.05, 3.63) is 24.3 Å². The van der Waals surface area contributed by atoms with Gasteiger partial charge in [-0.05, 0) is 50.7 Å².